The number of carbonyl (C=O) groups is 1. The zero-order valence-electron chi connectivity index (χ0n) is 21.2. The van der Waals surface area contributed by atoms with Gasteiger partial charge in [0.15, 0.2) is 5.13 Å². The molecule has 1 saturated heterocycles. The summed E-state index contributed by atoms with van der Waals surface area (Å²) in [6, 6.07) is 13.4. The number of nitriles is 1. The Balaban J connectivity index is 1.34. The zero-order chi connectivity index (χ0) is 26.5. The second-order valence-electron chi connectivity index (χ2n) is 9.02. The lowest BCUT2D eigenvalue weighted by Gasteiger charge is -2.32. The molecule has 2 N–H and O–H groups in total. The maximum absolute atomic E-state index is 13.0. The van der Waals surface area contributed by atoms with Gasteiger partial charge in [-0.15, -0.1) is 0 Å². The van der Waals surface area contributed by atoms with Crippen molar-refractivity contribution >= 4 is 34.0 Å². The summed E-state index contributed by atoms with van der Waals surface area (Å²) in [6.45, 7) is 5.63. The monoisotopic (exact) mass is 525 g/mol. The molecule has 4 heterocycles. The molecule has 0 bridgehead atoms. The lowest BCUT2D eigenvalue weighted by atomic mass is 10.1. The molecule has 1 aromatic carbocycles. The second kappa shape index (κ2) is 11.3. The van der Waals surface area contributed by atoms with Crippen molar-refractivity contribution in [3.63, 3.8) is 0 Å². The number of nitrogens with one attached hydrogen (secondary N) is 2. The van der Waals surface area contributed by atoms with Crippen LogP contribution in [0.4, 0.5) is 16.8 Å². The van der Waals surface area contributed by atoms with Crippen LogP contribution in [0, 0.1) is 18.3 Å². The summed E-state index contributed by atoms with van der Waals surface area (Å²) in [4.78, 5) is 35.6. The zero-order valence-corrected chi connectivity index (χ0v) is 22.0. The molecule has 3 aromatic heterocycles. The lowest BCUT2D eigenvalue weighted by molar-refractivity contribution is 0.0664. The van der Waals surface area contributed by atoms with Crippen LogP contribution in [-0.4, -0.2) is 68.9 Å². The highest BCUT2D eigenvalue weighted by Gasteiger charge is 2.21. The maximum atomic E-state index is 13.0. The number of aryl methyl sites for hydroxylation is 1. The Morgan fingerprint density at radius 1 is 1.13 bits per heavy atom. The summed E-state index contributed by atoms with van der Waals surface area (Å²) in [6.07, 6.45) is 5.05. The van der Waals surface area contributed by atoms with Gasteiger partial charge in [-0.05, 0) is 43.8 Å². The number of aromatic nitrogens is 4. The van der Waals surface area contributed by atoms with Gasteiger partial charge < -0.3 is 20.4 Å². The molecule has 0 saturated carbocycles. The largest absolute Gasteiger partial charge is 0.357 e. The molecule has 10 nitrogen and oxygen atoms in total. The van der Waals surface area contributed by atoms with Gasteiger partial charge in [0.25, 0.3) is 5.91 Å². The van der Waals surface area contributed by atoms with Gasteiger partial charge in [0.05, 0.1) is 22.3 Å². The van der Waals surface area contributed by atoms with Gasteiger partial charge >= 0.3 is 0 Å². The van der Waals surface area contributed by atoms with E-state index < -0.39 is 0 Å². The Kier molecular flexibility index (Phi) is 7.53. The third-order valence-corrected chi connectivity index (χ3v) is 7.37. The summed E-state index contributed by atoms with van der Waals surface area (Å²) < 4.78 is 0. The standard InChI is InChI=1S/C27H27N9OS/c1-18-24(38-27(32-18)31-16-19-5-4-8-29-15-19)23-21(14-28)17-30-26(34-23)33-22-7-3-6-20(13-22)25(37)36-11-9-35(2)10-12-36/h3-8,13,15,17H,9-12,16H2,1-2H3,(H,31,32)(H,30,33,34). The van der Waals surface area contributed by atoms with Gasteiger partial charge in [-0.1, -0.05) is 23.5 Å². The number of hydrogen-bond acceptors (Lipinski definition) is 10. The summed E-state index contributed by atoms with van der Waals surface area (Å²) in [5.74, 6) is 0.343. The van der Waals surface area contributed by atoms with E-state index in [-0.39, 0.29) is 5.91 Å². The molecule has 11 heteroatoms. The Hall–Kier alpha value is -4.40. The van der Waals surface area contributed by atoms with E-state index in [1.165, 1.54) is 17.5 Å². The molecule has 1 fully saturated rings. The smallest absolute Gasteiger partial charge is 0.254 e. The molecule has 192 valence electrons. The molecule has 0 spiro atoms. The molecular formula is C27H27N9OS. The molecule has 4 aromatic rings. The van der Waals surface area contributed by atoms with E-state index in [0.29, 0.717) is 48.1 Å². The number of carbonyl (C=O) groups excluding carboxylic acids is 1. The fourth-order valence-corrected chi connectivity index (χ4v) is 5.09. The lowest BCUT2D eigenvalue weighted by Crippen LogP contribution is -2.47. The number of anilines is 3. The molecule has 0 radical (unpaired) electrons. The Labute approximate surface area is 225 Å². The average molecular weight is 526 g/mol. The highest BCUT2D eigenvalue weighted by atomic mass is 32.1. The quantitative estimate of drug-likeness (QED) is 0.369. The molecule has 1 aliphatic heterocycles. The van der Waals surface area contributed by atoms with Gasteiger partial charge in [-0.25, -0.2) is 15.0 Å². The highest BCUT2D eigenvalue weighted by Crippen LogP contribution is 2.34. The van der Waals surface area contributed by atoms with E-state index in [2.05, 4.69) is 48.6 Å². The van der Waals surface area contributed by atoms with E-state index in [4.69, 9.17) is 0 Å². The molecule has 1 aliphatic rings. The van der Waals surface area contributed by atoms with Crippen LogP contribution in [-0.2, 0) is 6.54 Å². The first-order chi connectivity index (χ1) is 18.5. The number of likely N-dealkylation sites (N-methyl/N-ethyl adjacent to an activating group) is 1. The molecule has 0 atom stereocenters. The van der Waals surface area contributed by atoms with Gasteiger partial charge in [0.1, 0.15) is 11.8 Å². The number of amides is 1. The Morgan fingerprint density at radius 3 is 2.74 bits per heavy atom. The van der Waals surface area contributed by atoms with E-state index in [0.717, 1.165) is 34.4 Å². The van der Waals surface area contributed by atoms with Crippen molar-refractivity contribution in [2.75, 3.05) is 43.9 Å². The van der Waals surface area contributed by atoms with E-state index in [1.54, 1.807) is 18.5 Å². The van der Waals surface area contributed by atoms with E-state index >= 15 is 0 Å². The molecule has 38 heavy (non-hydrogen) atoms. The molecule has 0 aliphatic carbocycles. The van der Waals surface area contributed by atoms with Gasteiger partial charge in [0, 0.05) is 56.4 Å². The van der Waals surface area contributed by atoms with Crippen LogP contribution >= 0.6 is 11.3 Å². The first-order valence-corrected chi connectivity index (χ1v) is 13.0. The number of nitrogens with zero attached hydrogens (tertiary/aromatic N) is 7. The van der Waals surface area contributed by atoms with Crippen molar-refractivity contribution in [1.82, 2.24) is 29.7 Å². The van der Waals surface area contributed by atoms with Crippen LogP contribution in [0.25, 0.3) is 10.6 Å². The molecule has 0 unspecified atom stereocenters. The van der Waals surface area contributed by atoms with Gasteiger partial charge in [-0.2, -0.15) is 5.26 Å². The number of thiazole rings is 1. The molecular weight excluding hydrogens is 498 g/mol. The number of piperazine rings is 1. The normalized spacial score (nSPS) is 13.7. The predicted octanol–water partition coefficient (Wildman–Crippen LogP) is 3.92. The first kappa shape index (κ1) is 25.3. The number of hydrogen-bond donors (Lipinski definition) is 2. The average Bonchev–Trinajstić information content (AvgIpc) is 3.32. The predicted molar refractivity (Wildman–Crippen MR) is 147 cm³/mol. The third kappa shape index (κ3) is 5.77. The topological polar surface area (TPSA) is 123 Å². The number of rotatable bonds is 7. The fourth-order valence-electron chi connectivity index (χ4n) is 4.12. The van der Waals surface area contributed by atoms with E-state index in [1.807, 2.05) is 42.2 Å². The van der Waals surface area contributed by atoms with Gasteiger partial charge in [0.2, 0.25) is 5.95 Å². The van der Waals surface area contributed by atoms with Crippen LogP contribution in [0.2, 0.25) is 0 Å². The van der Waals surface area contributed by atoms with Crippen molar-refractivity contribution in [3.05, 3.63) is 77.4 Å². The number of pyridine rings is 1. The minimum absolute atomic E-state index is 0.00906. The minimum atomic E-state index is 0.00906. The SMILES string of the molecule is Cc1nc(NCc2cccnc2)sc1-c1nc(Nc2cccc(C(=O)N3CCN(C)CC3)c2)ncc1C#N. The molecule has 5 rings (SSSR count). The van der Waals surface area contributed by atoms with Crippen molar-refractivity contribution in [2.45, 2.75) is 13.5 Å². The van der Waals surface area contributed by atoms with E-state index in [9.17, 15) is 10.1 Å². The van der Waals surface area contributed by atoms with Crippen LogP contribution in [0.5, 0.6) is 0 Å². The van der Waals surface area contributed by atoms with Crippen molar-refractivity contribution < 1.29 is 4.79 Å². The Bertz CT molecular complexity index is 1470. The van der Waals surface area contributed by atoms with Gasteiger partial charge in [-0.3, -0.25) is 9.78 Å². The minimum Gasteiger partial charge on any atom is -0.357 e. The van der Waals surface area contributed by atoms with Crippen molar-refractivity contribution in [2.24, 2.45) is 0 Å². The summed E-state index contributed by atoms with van der Waals surface area (Å²) in [5, 5.41) is 17.0. The summed E-state index contributed by atoms with van der Waals surface area (Å²) in [5.41, 5.74) is 3.99. The van der Waals surface area contributed by atoms with Crippen molar-refractivity contribution in [3.8, 4) is 16.6 Å². The second-order valence-corrected chi connectivity index (χ2v) is 10.0. The Morgan fingerprint density at radius 2 is 1.97 bits per heavy atom. The first-order valence-electron chi connectivity index (χ1n) is 12.2. The number of benzene rings is 1. The van der Waals surface area contributed by atoms with Crippen molar-refractivity contribution in [1.29, 1.82) is 5.26 Å². The summed E-state index contributed by atoms with van der Waals surface area (Å²) >= 11 is 1.43. The highest BCUT2D eigenvalue weighted by molar-refractivity contribution is 7.19. The van der Waals surface area contributed by atoms with Crippen LogP contribution in [0.15, 0.2) is 55.0 Å². The fraction of sp³-hybridized carbons (Fsp3) is 0.259. The summed E-state index contributed by atoms with van der Waals surface area (Å²) in [7, 11) is 2.06. The maximum Gasteiger partial charge on any atom is 0.254 e. The third-order valence-electron chi connectivity index (χ3n) is 6.24. The van der Waals surface area contributed by atoms with Crippen LogP contribution in [0.3, 0.4) is 0 Å². The molecule has 1 amide bonds. The van der Waals surface area contributed by atoms with Crippen LogP contribution < -0.4 is 10.6 Å². The van der Waals surface area contributed by atoms with Crippen LogP contribution in [0.1, 0.15) is 27.2 Å².